The lowest BCUT2D eigenvalue weighted by molar-refractivity contribution is -0.275. The largest absolute Gasteiger partial charge is 0.573 e. The van der Waals surface area contributed by atoms with Gasteiger partial charge in [0.25, 0.3) is 0 Å². The first-order chi connectivity index (χ1) is 8.04. The lowest BCUT2D eigenvalue weighted by atomic mass is 10.2. The Bertz CT molecular complexity index is 442. The standard InChI is InChI=1S/C8H3F7INO/c9-2-3-1-4(18-8(13,14)15)6(16)17-5(3)7(10,11)12/h1H,2H2. The lowest BCUT2D eigenvalue weighted by Gasteiger charge is -2.14. The first kappa shape index (κ1) is 15.2. The van der Waals surface area contributed by atoms with E-state index in [0.717, 1.165) is 22.6 Å². The van der Waals surface area contributed by atoms with Crippen molar-refractivity contribution in [2.75, 3.05) is 0 Å². The van der Waals surface area contributed by atoms with Gasteiger partial charge in [0.15, 0.2) is 11.4 Å². The number of aromatic nitrogens is 1. The molecule has 0 aliphatic rings. The van der Waals surface area contributed by atoms with E-state index in [0.29, 0.717) is 6.07 Å². The molecule has 18 heavy (non-hydrogen) atoms. The molecule has 0 fully saturated rings. The van der Waals surface area contributed by atoms with Gasteiger partial charge in [0, 0.05) is 5.56 Å². The van der Waals surface area contributed by atoms with Gasteiger partial charge in [-0.05, 0) is 28.7 Å². The molecule has 2 nitrogen and oxygen atoms in total. The zero-order valence-electron chi connectivity index (χ0n) is 8.16. The number of ether oxygens (including phenoxy) is 1. The zero-order valence-corrected chi connectivity index (χ0v) is 10.3. The molecule has 102 valence electrons. The van der Waals surface area contributed by atoms with E-state index in [1.807, 2.05) is 0 Å². The van der Waals surface area contributed by atoms with Gasteiger partial charge in [-0.25, -0.2) is 9.37 Å². The van der Waals surface area contributed by atoms with Crippen molar-refractivity contribution in [1.29, 1.82) is 0 Å². The maximum absolute atomic E-state index is 12.4. The highest BCUT2D eigenvalue weighted by atomic mass is 127. The Labute approximate surface area is 109 Å². The maximum Gasteiger partial charge on any atom is 0.573 e. The number of alkyl halides is 7. The summed E-state index contributed by atoms with van der Waals surface area (Å²) in [6.45, 7) is -1.60. The van der Waals surface area contributed by atoms with Crippen LogP contribution in [0.1, 0.15) is 11.3 Å². The molecule has 1 heterocycles. The quantitative estimate of drug-likeness (QED) is 0.432. The summed E-state index contributed by atoms with van der Waals surface area (Å²) < 4.78 is 88.1. The fourth-order valence-electron chi connectivity index (χ4n) is 1.05. The van der Waals surface area contributed by atoms with Gasteiger partial charge < -0.3 is 4.74 Å². The molecule has 0 N–H and O–H groups in total. The van der Waals surface area contributed by atoms with Crippen LogP contribution in [-0.2, 0) is 12.9 Å². The first-order valence-electron chi connectivity index (χ1n) is 4.13. The monoisotopic (exact) mass is 389 g/mol. The predicted molar refractivity (Wildman–Crippen MR) is 53.5 cm³/mol. The molecule has 0 bridgehead atoms. The molecule has 0 aliphatic heterocycles. The van der Waals surface area contributed by atoms with Crippen LogP contribution in [0.2, 0.25) is 0 Å². The number of nitrogens with zero attached hydrogens (tertiary/aromatic N) is 1. The second-order valence-electron chi connectivity index (χ2n) is 2.96. The maximum atomic E-state index is 12.4. The number of hydrogen-bond acceptors (Lipinski definition) is 2. The van der Waals surface area contributed by atoms with E-state index in [-0.39, 0.29) is 0 Å². The van der Waals surface area contributed by atoms with Crippen LogP contribution in [-0.4, -0.2) is 11.3 Å². The van der Waals surface area contributed by atoms with Crippen molar-refractivity contribution in [3.8, 4) is 5.75 Å². The average Bonchev–Trinajstić information content (AvgIpc) is 2.17. The minimum atomic E-state index is -5.09. The third kappa shape index (κ3) is 3.85. The molecule has 1 aromatic rings. The molecule has 0 radical (unpaired) electrons. The molecule has 0 spiro atoms. The fraction of sp³-hybridized carbons (Fsp3) is 0.375. The molecule has 0 saturated carbocycles. The molecule has 0 aromatic carbocycles. The number of halogens is 8. The molecule has 0 amide bonds. The first-order valence-corrected chi connectivity index (χ1v) is 5.21. The third-order valence-electron chi connectivity index (χ3n) is 1.66. The highest BCUT2D eigenvalue weighted by molar-refractivity contribution is 14.1. The van der Waals surface area contributed by atoms with Gasteiger partial charge >= 0.3 is 12.5 Å². The highest BCUT2D eigenvalue weighted by Gasteiger charge is 2.38. The second-order valence-corrected chi connectivity index (χ2v) is 3.99. The van der Waals surface area contributed by atoms with Crippen molar-refractivity contribution in [3.63, 3.8) is 0 Å². The highest BCUT2D eigenvalue weighted by Crippen LogP contribution is 2.35. The molecule has 1 rings (SSSR count). The van der Waals surface area contributed by atoms with E-state index in [4.69, 9.17) is 0 Å². The molecular formula is C8H3F7INO. The van der Waals surface area contributed by atoms with Crippen molar-refractivity contribution in [2.45, 2.75) is 19.2 Å². The third-order valence-corrected chi connectivity index (χ3v) is 2.43. The molecular weight excluding hydrogens is 386 g/mol. The van der Waals surface area contributed by atoms with Gasteiger partial charge in [-0.2, -0.15) is 13.2 Å². The summed E-state index contributed by atoms with van der Waals surface area (Å²) in [6.07, 6.45) is -10.0. The molecule has 1 aromatic heterocycles. The van der Waals surface area contributed by atoms with E-state index >= 15 is 0 Å². The van der Waals surface area contributed by atoms with Crippen LogP contribution in [0.3, 0.4) is 0 Å². The van der Waals surface area contributed by atoms with Gasteiger partial charge in [0.1, 0.15) is 10.4 Å². The van der Waals surface area contributed by atoms with Crippen molar-refractivity contribution >= 4 is 22.6 Å². The smallest absolute Gasteiger partial charge is 0.403 e. The molecule has 0 saturated heterocycles. The van der Waals surface area contributed by atoms with Gasteiger partial charge in [0.05, 0.1) is 0 Å². The summed E-state index contributed by atoms with van der Waals surface area (Å²) in [6, 6.07) is 0.338. The van der Waals surface area contributed by atoms with Gasteiger partial charge in [0.2, 0.25) is 0 Å². The van der Waals surface area contributed by atoms with Crippen molar-refractivity contribution < 1.29 is 35.5 Å². The number of rotatable bonds is 2. The fourth-order valence-corrected chi connectivity index (χ4v) is 1.56. The Kier molecular flexibility index (Phi) is 4.28. The lowest BCUT2D eigenvalue weighted by Crippen LogP contribution is -2.20. The Morgan fingerprint density at radius 3 is 2.11 bits per heavy atom. The average molecular weight is 389 g/mol. The number of hydrogen-bond donors (Lipinski definition) is 0. The van der Waals surface area contributed by atoms with Crippen LogP contribution in [0.25, 0.3) is 0 Å². The summed E-state index contributed by atoms with van der Waals surface area (Å²) in [5, 5.41) is 0. The van der Waals surface area contributed by atoms with E-state index in [2.05, 4.69) is 9.72 Å². The van der Waals surface area contributed by atoms with Crippen LogP contribution < -0.4 is 4.74 Å². The van der Waals surface area contributed by atoms with E-state index in [1.54, 1.807) is 0 Å². The molecule has 0 unspecified atom stereocenters. The molecule has 10 heteroatoms. The number of pyridine rings is 1. The topological polar surface area (TPSA) is 22.1 Å². The van der Waals surface area contributed by atoms with Gasteiger partial charge in [-0.3, -0.25) is 0 Å². The van der Waals surface area contributed by atoms with Gasteiger partial charge in [-0.1, -0.05) is 0 Å². The Morgan fingerprint density at radius 2 is 1.72 bits per heavy atom. The minimum absolute atomic E-state index is 0.338. The summed E-state index contributed by atoms with van der Waals surface area (Å²) in [4.78, 5) is 2.90. The summed E-state index contributed by atoms with van der Waals surface area (Å²) in [5.41, 5.74) is -2.58. The van der Waals surface area contributed by atoms with Crippen LogP contribution >= 0.6 is 22.6 Å². The van der Waals surface area contributed by atoms with Crippen LogP contribution in [0, 0.1) is 3.70 Å². The van der Waals surface area contributed by atoms with Crippen molar-refractivity contribution in [1.82, 2.24) is 4.98 Å². The minimum Gasteiger partial charge on any atom is -0.403 e. The molecule has 0 atom stereocenters. The van der Waals surface area contributed by atoms with Crippen LogP contribution in [0.5, 0.6) is 5.75 Å². The summed E-state index contributed by atoms with van der Waals surface area (Å²) >= 11 is 1.14. The van der Waals surface area contributed by atoms with E-state index < -0.39 is 39.9 Å². The Morgan fingerprint density at radius 1 is 1.17 bits per heavy atom. The van der Waals surface area contributed by atoms with Crippen LogP contribution in [0.4, 0.5) is 30.7 Å². The predicted octanol–water partition coefficient (Wildman–Crippen LogP) is 4.07. The van der Waals surface area contributed by atoms with E-state index in [9.17, 15) is 30.7 Å². The second kappa shape index (κ2) is 5.05. The summed E-state index contributed by atoms with van der Waals surface area (Å²) in [7, 11) is 0. The SMILES string of the molecule is FCc1cc(OC(F)(F)F)c(I)nc1C(F)(F)F. The molecule has 0 aliphatic carbocycles. The Balaban J connectivity index is 3.27. The van der Waals surface area contributed by atoms with Crippen LogP contribution in [0.15, 0.2) is 6.07 Å². The zero-order chi connectivity index (χ0) is 14.1. The van der Waals surface area contributed by atoms with Crippen molar-refractivity contribution in [3.05, 3.63) is 21.0 Å². The van der Waals surface area contributed by atoms with Crippen molar-refractivity contribution in [2.24, 2.45) is 0 Å². The normalized spacial score (nSPS) is 12.7. The summed E-state index contributed by atoms with van der Waals surface area (Å²) in [5.74, 6) is -0.969. The van der Waals surface area contributed by atoms with Gasteiger partial charge in [-0.15, -0.1) is 13.2 Å². The van der Waals surface area contributed by atoms with E-state index in [1.165, 1.54) is 0 Å². The Hall–Kier alpha value is -0.810.